The van der Waals surface area contributed by atoms with Gasteiger partial charge in [-0.1, -0.05) is 22.9 Å². The second-order valence-corrected chi connectivity index (χ2v) is 7.59. The van der Waals surface area contributed by atoms with Crippen LogP contribution in [0.5, 0.6) is 0 Å². The molecule has 0 aliphatic rings. The van der Waals surface area contributed by atoms with Crippen molar-refractivity contribution in [1.82, 2.24) is 25.4 Å². The van der Waals surface area contributed by atoms with Crippen LogP contribution in [0.25, 0.3) is 32.9 Å². The number of nitrogens with one attached hydrogen (secondary N) is 2. The summed E-state index contributed by atoms with van der Waals surface area (Å²) in [5.74, 6) is -0.741. The zero-order chi connectivity index (χ0) is 20.7. The van der Waals surface area contributed by atoms with Gasteiger partial charge in [-0.05, 0) is 30.3 Å². The maximum absolute atomic E-state index is 11.6. The second kappa shape index (κ2) is 7.25. The van der Waals surface area contributed by atoms with Gasteiger partial charge in [0.2, 0.25) is 11.0 Å². The number of carbonyl (C=O) groups is 1. The number of carboxylic acids is 1. The number of anilines is 2. The van der Waals surface area contributed by atoms with Crippen molar-refractivity contribution in [3.05, 3.63) is 59.6 Å². The molecule has 0 aliphatic heterocycles. The van der Waals surface area contributed by atoms with E-state index in [0.29, 0.717) is 37.9 Å². The van der Waals surface area contributed by atoms with E-state index < -0.39 is 5.97 Å². The van der Waals surface area contributed by atoms with E-state index in [2.05, 4.69) is 30.7 Å². The third-order valence-corrected chi connectivity index (χ3v) is 5.63. The van der Waals surface area contributed by atoms with Gasteiger partial charge < -0.3 is 14.8 Å². The van der Waals surface area contributed by atoms with Crippen LogP contribution >= 0.6 is 22.9 Å². The molecule has 0 radical (unpaired) electrons. The van der Waals surface area contributed by atoms with Crippen LogP contribution in [0, 0.1) is 0 Å². The summed E-state index contributed by atoms with van der Waals surface area (Å²) in [4.78, 5) is 15.6. The van der Waals surface area contributed by atoms with Crippen LogP contribution < -0.4 is 5.32 Å². The number of aromatic nitrogens is 5. The number of aromatic carboxylic acids is 1. The molecule has 3 heterocycles. The first kappa shape index (κ1) is 18.3. The lowest BCUT2D eigenvalue weighted by Crippen LogP contribution is -1.97. The van der Waals surface area contributed by atoms with Crippen molar-refractivity contribution < 1.29 is 14.3 Å². The third kappa shape index (κ3) is 3.27. The molecule has 0 unspecified atom stereocenters. The van der Waals surface area contributed by atoms with Crippen LogP contribution in [0.1, 0.15) is 10.4 Å². The minimum atomic E-state index is -1.06. The second-order valence-electron chi connectivity index (χ2n) is 6.24. The minimum absolute atomic E-state index is 0.0962. The zero-order valence-electron chi connectivity index (χ0n) is 15.0. The summed E-state index contributed by atoms with van der Waals surface area (Å²) >= 11 is 7.71. The number of benzene rings is 2. The van der Waals surface area contributed by atoms with Crippen molar-refractivity contribution in [3.63, 3.8) is 0 Å². The fourth-order valence-corrected chi connectivity index (χ4v) is 3.95. The van der Waals surface area contributed by atoms with Crippen molar-refractivity contribution in [1.29, 1.82) is 0 Å². The van der Waals surface area contributed by atoms with Crippen molar-refractivity contribution in [2.24, 2.45) is 0 Å². The lowest BCUT2D eigenvalue weighted by Gasteiger charge is -2.05. The van der Waals surface area contributed by atoms with E-state index in [4.69, 9.17) is 16.0 Å². The van der Waals surface area contributed by atoms with Gasteiger partial charge in [0, 0.05) is 16.5 Å². The summed E-state index contributed by atoms with van der Waals surface area (Å²) in [7, 11) is 0. The lowest BCUT2D eigenvalue weighted by atomic mass is 10.1. The van der Waals surface area contributed by atoms with Crippen molar-refractivity contribution in [3.8, 4) is 22.0 Å². The normalized spacial score (nSPS) is 11.1. The number of hydrogen-bond donors (Lipinski definition) is 3. The van der Waals surface area contributed by atoms with E-state index in [1.54, 1.807) is 12.3 Å². The van der Waals surface area contributed by atoms with Crippen LogP contribution in [-0.2, 0) is 0 Å². The molecule has 3 N–H and O–H groups in total. The molecule has 0 atom stereocenters. The number of aromatic amines is 1. The van der Waals surface area contributed by atoms with E-state index in [1.807, 2.05) is 12.1 Å². The topological polar surface area (TPSA) is 130 Å². The molecule has 0 amide bonds. The molecule has 2 aromatic carbocycles. The highest BCUT2D eigenvalue weighted by molar-refractivity contribution is 7.18. The number of nitrogens with zero attached hydrogens (tertiary/aromatic N) is 4. The number of H-pyrrole nitrogens is 1. The number of oxazole rings is 1. The Hall–Kier alpha value is -3.76. The summed E-state index contributed by atoms with van der Waals surface area (Å²) in [5.41, 5.74) is 2.71. The average Bonchev–Trinajstić information content (AvgIpc) is 3.51. The third-order valence-electron chi connectivity index (χ3n) is 4.33. The Morgan fingerprint density at radius 1 is 1.20 bits per heavy atom. The molecule has 30 heavy (non-hydrogen) atoms. The Bertz CT molecular complexity index is 1380. The molecule has 11 heteroatoms. The molecule has 0 bridgehead atoms. The summed E-state index contributed by atoms with van der Waals surface area (Å²) in [6.07, 6.45) is 4.57. The van der Waals surface area contributed by atoms with Crippen LogP contribution in [0.3, 0.4) is 0 Å². The maximum Gasteiger partial charge on any atom is 0.335 e. The maximum atomic E-state index is 11.6. The van der Waals surface area contributed by atoms with Gasteiger partial charge in [-0.15, -0.1) is 10.2 Å². The fourth-order valence-electron chi connectivity index (χ4n) is 2.95. The van der Waals surface area contributed by atoms with Crippen LogP contribution in [0.15, 0.2) is 53.4 Å². The summed E-state index contributed by atoms with van der Waals surface area (Å²) in [5, 5.41) is 30.1. The molecular weight excluding hydrogens is 428 g/mol. The van der Waals surface area contributed by atoms with Crippen molar-refractivity contribution >= 4 is 50.6 Å². The molecule has 0 saturated heterocycles. The van der Waals surface area contributed by atoms with E-state index in [0.717, 1.165) is 10.9 Å². The number of rotatable bonds is 5. The quantitative estimate of drug-likeness (QED) is 0.355. The van der Waals surface area contributed by atoms with E-state index in [-0.39, 0.29) is 5.56 Å². The van der Waals surface area contributed by atoms with Crippen LogP contribution in [0.4, 0.5) is 10.8 Å². The Kier molecular flexibility index (Phi) is 4.42. The van der Waals surface area contributed by atoms with Gasteiger partial charge in [0.1, 0.15) is 11.3 Å². The van der Waals surface area contributed by atoms with Crippen molar-refractivity contribution in [2.45, 2.75) is 0 Å². The Morgan fingerprint density at radius 3 is 2.87 bits per heavy atom. The summed E-state index contributed by atoms with van der Waals surface area (Å²) in [6, 6.07) is 8.46. The smallest absolute Gasteiger partial charge is 0.335 e. The van der Waals surface area contributed by atoms with E-state index in [1.165, 1.54) is 35.9 Å². The summed E-state index contributed by atoms with van der Waals surface area (Å²) in [6.45, 7) is 0. The van der Waals surface area contributed by atoms with Gasteiger partial charge in [0.25, 0.3) is 0 Å². The number of carboxylic acid groups (broad SMARTS) is 1. The molecule has 5 aromatic rings. The molecule has 0 aliphatic carbocycles. The van der Waals surface area contributed by atoms with Gasteiger partial charge in [-0.25, -0.2) is 9.78 Å². The fraction of sp³-hybridized carbons (Fsp3) is 0. The van der Waals surface area contributed by atoms with E-state index in [9.17, 15) is 9.90 Å². The van der Waals surface area contributed by atoms with Gasteiger partial charge in [0.05, 0.1) is 34.2 Å². The first-order valence-electron chi connectivity index (χ1n) is 8.59. The minimum Gasteiger partial charge on any atom is -0.478 e. The predicted octanol–water partition coefficient (Wildman–Crippen LogP) is 4.83. The predicted molar refractivity (Wildman–Crippen MR) is 112 cm³/mol. The SMILES string of the molecule is O=C(O)c1cc(-c2ncco2)cc(-c2nnc(Nc3ccc4[nH]ncc4c3Cl)s2)c1. The molecule has 3 aromatic heterocycles. The zero-order valence-corrected chi connectivity index (χ0v) is 16.5. The molecule has 9 nitrogen and oxygen atoms in total. The first-order chi connectivity index (χ1) is 14.6. The highest BCUT2D eigenvalue weighted by Crippen LogP contribution is 2.35. The molecule has 0 spiro atoms. The van der Waals surface area contributed by atoms with Crippen LogP contribution in [0.2, 0.25) is 5.02 Å². The highest BCUT2D eigenvalue weighted by Gasteiger charge is 2.16. The number of hydrogen-bond acceptors (Lipinski definition) is 8. The Labute approximate surface area is 177 Å². The molecule has 148 valence electrons. The number of fused-ring (bicyclic) bond motifs is 1. The van der Waals surface area contributed by atoms with Crippen molar-refractivity contribution in [2.75, 3.05) is 5.32 Å². The number of halogens is 1. The Morgan fingerprint density at radius 2 is 2.07 bits per heavy atom. The lowest BCUT2D eigenvalue weighted by molar-refractivity contribution is 0.0697. The molecule has 0 saturated carbocycles. The molecule has 0 fully saturated rings. The van der Waals surface area contributed by atoms with Gasteiger partial charge >= 0.3 is 5.97 Å². The van der Waals surface area contributed by atoms with Gasteiger partial charge in [-0.3, -0.25) is 5.10 Å². The average molecular weight is 439 g/mol. The molecular formula is C19H11ClN6O3S. The van der Waals surface area contributed by atoms with Gasteiger partial charge in [0.15, 0.2) is 0 Å². The molecule has 5 rings (SSSR count). The largest absolute Gasteiger partial charge is 0.478 e. The van der Waals surface area contributed by atoms with Gasteiger partial charge in [-0.2, -0.15) is 5.10 Å². The first-order valence-corrected chi connectivity index (χ1v) is 9.78. The van der Waals surface area contributed by atoms with Crippen LogP contribution in [-0.4, -0.2) is 36.5 Å². The monoisotopic (exact) mass is 438 g/mol. The van der Waals surface area contributed by atoms with E-state index >= 15 is 0 Å². The highest BCUT2D eigenvalue weighted by atomic mass is 35.5. The summed E-state index contributed by atoms with van der Waals surface area (Å²) < 4.78 is 5.30. The Balaban J connectivity index is 1.50. The standard InChI is InChI=1S/C19H11ClN6O3S/c20-15-12-8-22-24-13(12)1-2-14(15)23-19-26-25-17(30-19)10-5-9(16-21-3-4-29-16)6-11(7-10)18(27)28/h1-8H,(H,22,24)(H,23,26)(H,27,28).